The fourth-order valence-electron chi connectivity index (χ4n) is 1.04. The summed E-state index contributed by atoms with van der Waals surface area (Å²) in [5, 5.41) is 8.52. The lowest BCUT2D eigenvalue weighted by atomic mass is 10.1. The second-order valence-corrected chi connectivity index (χ2v) is 6.36. The summed E-state index contributed by atoms with van der Waals surface area (Å²) in [7, 11) is -3.87. The lowest BCUT2D eigenvalue weighted by Crippen LogP contribution is -2.35. The Kier molecular flexibility index (Phi) is 5.75. The predicted octanol–water partition coefficient (Wildman–Crippen LogP) is 0.538. The molecule has 106 valence electrons. The van der Waals surface area contributed by atoms with Crippen LogP contribution >= 0.6 is 0 Å². The van der Waals surface area contributed by atoms with Gasteiger partial charge in [-0.25, -0.2) is 4.79 Å². The zero-order valence-corrected chi connectivity index (χ0v) is 11.6. The molecule has 0 aromatic rings. The van der Waals surface area contributed by atoms with Crippen LogP contribution in [0.2, 0.25) is 0 Å². The Hall–Kier alpha value is -1.15. The summed E-state index contributed by atoms with van der Waals surface area (Å²) in [6.07, 6.45) is -1.31. The number of aliphatic carboxylic acids is 1. The highest BCUT2D eigenvalue weighted by atomic mass is 32.2. The van der Waals surface area contributed by atoms with E-state index in [0.717, 1.165) is 6.26 Å². The quantitative estimate of drug-likeness (QED) is 0.559. The molecule has 8 heteroatoms. The fourth-order valence-corrected chi connectivity index (χ4v) is 1.64. The molecule has 0 aliphatic rings. The number of carbonyl (C=O) groups is 2. The Morgan fingerprint density at radius 1 is 1.28 bits per heavy atom. The standard InChI is InChI=1S/C10H18O7S/c1-10(2,3)16-9(13)7(5-6-8(11)12)17-18(4,14)15/h7H,5-6H2,1-4H3,(H,11,12). The van der Waals surface area contributed by atoms with Crippen LogP contribution in [0.4, 0.5) is 0 Å². The van der Waals surface area contributed by atoms with Crippen LogP contribution in [0.5, 0.6) is 0 Å². The molecule has 0 amide bonds. The normalized spacial score (nSPS) is 14.0. The SMILES string of the molecule is CC(C)(C)OC(=O)C(CCC(=O)O)OS(C)(=O)=O. The summed E-state index contributed by atoms with van der Waals surface area (Å²) in [4.78, 5) is 22.1. The number of rotatable bonds is 6. The third kappa shape index (κ3) is 8.94. The molecule has 1 atom stereocenters. The molecule has 18 heavy (non-hydrogen) atoms. The molecule has 0 saturated carbocycles. The van der Waals surface area contributed by atoms with Gasteiger partial charge in [0.2, 0.25) is 0 Å². The summed E-state index contributed by atoms with van der Waals surface area (Å²) >= 11 is 0. The lowest BCUT2D eigenvalue weighted by Gasteiger charge is -2.23. The van der Waals surface area contributed by atoms with Crippen molar-refractivity contribution in [2.75, 3.05) is 6.26 Å². The highest BCUT2D eigenvalue weighted by Crippen LogP contribution is 2.14. The first-order valence-corrected chi connectivity index (χ1v) is 7.05. The molecule has 0 rings (SSSR count). The van der Waals surface area contributed by atoms with E-state index in [9.17, 15) is 18.0 Å². The molecular formula is C10H18O7S. The second-order valence-electron chi connectivity index (χ2n) is 4.75. The van der Waals surface area contributed by atoms with Crippen molar-refractivity contribution in [3.8, 4) is 0 Å². The maximum absolute atomic E-state index is 11.6. The maximum Gasteiger partial charge on any atom is 0.337 e. The average Bonchev–Trinajstić information content (AvgIpc) is 2.06. The van der Waals surface area contributed by atoms with Gasteiger partial charge in [0.25, 0.3) is 10.1 Å². The van der Waals surface area contributed by atoms with Gasteiger partial charge < -0.3 is 9.84 Å². The summed E-state index contributed by atoms with van der Waals surface area (Å²) < 4.78 is 31.4. The van der Waals surface area contributed by atoms with Gasteiger partial charge >= 0.3 is 11.9 Å². The largest absolute Gasteiger partial charge is 0.481 e. The van der Waals surface area contributed by atoms with E-state index in [-0.39, 0.29) is 12.8 Å². The predicted molar refractivity (Wildman–Crippen MR) is 62.4 cm³/mol. The molecule has 0 radical (unpaired) electrons. The van der Waals surface area contributed by atoms with E-state index >= 15 is 0 Å². The summed E-state index contributed by atoms with van der Waals surface area (Å²) in [6.45, 7) is 4.83. The minimum Gasteiger partial charge on any atom is -0.481 e. The molecular weight excluding hydrogens is 264 g/mol. The van der Waals surface area contributed by atoms with Gasteiger partial charge in [-0.1, -0.05) is 0 Å². The van der Waals surface area contributed by atoms with Crippen molar-refractivity contribution in [2.24, 2.45) is 0 Å². The van der Waals surface area contributed by atoms with Crippen LogP contribution in [0.3, 0.4) is 0 Å². The molecule has 0 aromatic carbocycles. The first-order valence-electron chi connectivity index (χ1n) is 5.23. The summed E-state index contributed by atoms with van der Waals surface area (Å²) in [5.74, 6) is -2.05. The highest BCUT2D eigenvalue weighted by Gasteiger charge is 2.29. The Labute approximate surface area is 106 Å². The van der Waals surface area contributed by atoms with E-state index in [0.29, 0.717) is 0 Å². The van der Waals surface area contributed by atoms with Crippen molar-refractivity contribution in [2.45, 2.75) is 45.3 Å². The highest BCUT2D eigenvalue weighted by molar-refractivity contribution is 7.86. The molecule has 0 heterocycles. The molecule has 0 saturated heterocycles. The van der Waals surface area contributed by atoms with Crippen molar-refractivity contribution in [3.63, 3.8) is 0 Å². The number of carboxylic acid groups (broad SMARTS) is 1. The van der Waals surface area contributed by atoms with Gasteiger partial charge in [0, 0.05) is 6.42 Å². The van der Waals surface area contributed by atoms with E-state index in [1.54, 1.807) is 20.8 Å². The first kappa shape index (κ1) is 16.9. The molecule has 1 N–H and O–H groups in total. The zero-order valence-electron chi connectivity index (χ0n) is 10.8. The topological polar surface area (TPSA) is 107 Å². The number of esters is 1. The molecule has 0 aromatic heterocycles. The molecule has 0 spiro atoms. The van der Waals surface area contributed by atoms with Gasteiger partial charge in [-0.2, -0.15) is 8.42 Å². The van der Waals surface area contributed by atoms with Crippen molar-refractivity contribution in [1.82, 2.24) is 0 Å². The van der Waals surface area contributed by atoms with Crippen LogP contribution in [0, 0.1) is 0 Å². The summed E-state index contributed by atoms with van der Waals surface area (Å²) in [6, 6.07) is 0. The second kappa shape index (κ2) is 6.14. The molecule has 0 aliphatic heterocycles. The van der Waals surface area contributed by atoms with Crippen molar-refractivity contribution >= 4 is 22.1 Å². The van der Waals surface area contributed by atoms with E-state index in [1.165, 1.54) is 0 Å². The van der Waals surface area contributed by atoms with Crippen LogP contribution in [0.1, 0.15) is 33.6 Å². The van der Waals surface area contributed by atoms with Gasteiger partial charge in [0.05, 0.1) is 6.26 Å². The number of hydrogen-bond acceptors (Lipinski definition) is 6. The minimum atomic E-state index is -3.87. The summed E-state index contributed by atoms with van der Waals surface area (Å²) in [5.41, 5.74) is -0.806. The molecule has 0 fully saturated rings. The van der Waals surface area contributed by atoms with Crippen LogP contribution in [-0.2, 0) is 28.6 Å². The van der Waals surface area contributed by atoms with Crippen LogP contribution < -0.4 is 0 Å². The van der Waals surface area contributed by atoms with E-state index in [4.69, 9.17) is 9.84 Å². The van der Waals surface area contributed by atoms with Gasteiger partial charge in [-0.15, -0.1) is 0 Å². The van der Waals surface area contributed by atoms with E-state index in [1.807, 2.05) is 0 Å². The van der Waals surface area contributed by atoms with Gasteiger partial charge in [0.15, 0.2) is 6.10 Å². The number of ether oxygens (including phenoxy) is 1. The zero-order chi connectivity index (χ0) is 14.6. The van der Waals surface area contributed by atoms with Crippen LogP contribution in [0.15, 0.2) is 0 Å². The van der Waals surface area contributed by atoms with E-state index < -0.39 is 33.8 Å². The number of hydrogen-bond donors (Lipinski definition) is 1. The Morgan fingerprint density at radius 3 is 2.11 bits per heavy atom. The third-order valence-corrected chi connectivity index (χ3v) is 2.16. The van der Waals surface area contributed by atoms with Crippen LogP contribution in [0.25, 0.3) is 0 Å². The van der Waals surface area contributed by atoms with Crippen molar-refractivity contribution < 1.29 is 32.0 Å². The Morgan fingerprint density at radius 2 is 1.78 bits per heavy atom. The Bertz CT molecular complexity index is 404. The van der Waals surface area contributed by atoms with Gasteiger partial charge in [0.1, 0.15) is 5.60 Å². The number of carbonyl (C=O) groups excluding carboxylic acids is 1. The fraction of sp³-hybridized carbons (Fsp3) is 0.800. The Balaban J connectivity index is 4.75. The average molecular weight is 282 g/mol. The third-order valence-electron chi connectivity index (χ3n) is 1.58. The molecule has 0 bridgehead atoms. The van der Waals surface area contributed by atoms with Crippen molar-refractivity contribution in [3.05, 3.63) is 0 Å². The molecule has 1 unspecified atom stereocenters. The smallest absolute Gasteiger partial charge is 0.337 e. The van der Waals surface area contributed by atoms with Crippen LogP contribution in [-0.4, -0.2) is 43.4 Å². The van der Waals surface area contributed by atoms with Gasteiger partial charge in [-0.3, -0.25) is 8.98 Å². The van der Waals surface area contributed by atoms with E-state index in [2.05, 4.69) is 4.18 Å². The lowest BCUT2D eigenvalue weighted by molar-refractivity contribution is -0.163. The first-order chi connectivity index (χ1) is 7.91. The molecule has 0 aliphatic carbocycles. The van der Waals surface area contributed by atoms with Crippen molar-refractivity contribution in [1.29, 1.82) is 0 Å². The minimum absolute atomic E-state index is 0.267. The number of carboxylic acids is 1. The maximum atomic E-state index is 11.6. The van der Waals surface area contributed by atoms with Gasteiger partial charge in [-0.05, 0) is 27.2 Å². The monoisotopic (exact) mass is 282 g/mol. The molecule has 7 nitrogen and oxygen atoms in total.